The van der Waals surface area contributed by atoms with E-state index in [2.05, 4.69) is 10.3 Å². The largest absolute Gasteiger partial charge is 0.508 e. The van der Waals surface area contributed by atoms with Crippen LogP contribution in [0.1, 0.15) is 16.1 Å². The van der Waals surface area contributed by atoms with Gasteiger partial charge in [0.2, 0.25) is 5.56 Å². The standard InChI is InChI=1S/C13H12N2O3/c16-11-6-2-1-4-9(11)8-14-13(18)10-5-3-7-12(17)15-10/h1-7,16H,8H2,(H,14,18)(H,15,17). The minimum absolute atomic E-state index is 0.124. The number of pyridine rings is 1. The molecule has 18 heavy (non-hydrogen) atoms. The second kappa shape index (κ2) is 5.18. The topological polar surface area (TPSA) is 82.2 Å². The van der Waals surface area contributed by atoms with Gasteiger partial charge in [-0.25, -0.2) is 0 Å². The average molecular weight is 244 g/mol. The van der Waals surface area contributed by atoms with Gasteiger partial charge in [0.05, 0.1) is 0 Å². The normalized spacial score (nSPS) is 10.0. The summed E-state index contributed by atoms with van der Waals surface area (Å²) in [5, 5.41) is 12.1. The Balaban J connectivity index is 2.05. The molecule has 0 saturated heterocycles. The summed E-state index contributed by atoms with van der Waals surface area (Å²) in [5.41, 5.74) is 0.479. The summed E-state index contributed by atoms with van der Waals surface area (Å²) in [6, 6.07) is 11.1. The van der Waals surface area contributed by atoms with E-state index in [1.54, 1.807) is 24.3 Å². The molecule has 0 atom stereocenters. The number of aromatic hydroxyl groups is 1. The highest BCUT2D eigenvalue weighted by atomic mass is 16.3. The van der Waals surface area contributed by atoms with Crippen molar-refractivity contribution in [2.75, 3.05) is 0 Å². The summed E-state index contributed by atoms with van der Waals surface area (Å²) >= 11 is 0. The van der Waals surface area contributed by atoms with E-state index in [0.29, 0.717) is 5.56 Å². The Bertz CT molecular complexity index is 619. The maximum atomic E-state index is 11.7. The van der Waals surface area contributed by atoms with E-state index in [9.17, 15) is 14.7 Å². The molecule has 0 aliphatic heterocycles. The first kappa shape index (κ1) is 11.9. The van der Waals surface area contributed by atoms with Gasteiger partial charge in [0, 0.05) is 18.2 Å². The molecule has 5 heteroatoms. The molecule has 2 rings (SSSR count). The first-order valence-corrected chi connectivity index (χ1v) is 5.41. The number of amides is 1. The minimum atomic E-state index is -0.393. The monoisotopic (exact) mass is 244 g/mol. The first-order chi connectivity index (χ1) is 8.66. The number of aromatic amines is 1. The first-order valence-electron chi connectivity index (χ1n) is 5.41. The average Bonchev–Trinajstić information content (AvgIpc) is 2.37. The van der Waals surface area contributed by atoms with Crippen molar-refractivity contribution in [2.24, 2.45) is 0 Å². The Morgan fingerprint density at radius 1 is 1.17 bits per heavy atom. The summed E-state index contributed by atoms with van der Waals surface area (Å²) in [7, 11) is 0. The predicted molar refractivity (Wildman–Crippen MR) is 66.3 cm³/mol. The Hall–Kier alpha value is -2.56. The number of hydrogen-bond donors (Lipinski definition) is 3. The van der Waals surface area contributed by atoms with Crippen LogP contribution in [0.5, 0.6) is 5.75 Å². The highest BCUT2D eigenvalue weighted by Gasteiger charge is 2.06. The lowest BCUT2D eigenvalue weighted by molar-refractivity contribution is 0.0945. The number of hydrogen-bond acceptors (Lipinski definition) is 3. The van der Waals surface area contributed by atoms with Gasteiger partial charge in [0.25, 0.3) is 5.91 Å². The summed E-state index contributed by atoms with van der Waals surface area (Å²) in [6.45, 7) is 0.197. The Morgan fingerprint density at radius 3 is 2.67 bits per heavy atom. The van der Waals surface area contributed by atoms with Gasteiger partial charge in [-0.1, -0.05) is 24.3 Å². The van der Waals surface area contributed by atoms with Crippen molar-refractivity contribution in [1.29, 1.82) is 0 Å². The lowest BCUT2D eigenvalue weighted by atomic mass is 10.2. The lowest BCUT2D eigenvalue weighted by Gasteiger charge is -2.06. The minimum Gasteiger partial charge on any atom is -0.508 e. The van der Waals surface area contributed by atoms with Crippen molar-refractivity contribution in [1.82, 2.24) is 10.3 Å². The van der Waals surface area contributed by atoms with Crippen LogP contribution in [0.25, 0.3) is 0 Å². The number of rotatable bonds is 3. The van der Waals surface area contributed by atoms with Gasteiger partial charge in [0.1, 0.15) is 11.4 Å². The summed E-state index contributed by atoms with van der Waals surface area (Å²) in [6.07, 6.45) is 0. The molecule has 1 aromatic carbocycles. The third-order valence-corrected chi connectivity index (χ3v) is 2.44. The van der Waals surface area contributed by atoms with Gasteiger partial charge in [-0.3, -0.25) is 9.59 Å². The fraction of sp³-hybridized carbons (Fsp3) is 0.0769. The number of phenols is 1. The molecular weight excluding hydrogens is 232 g/mol. The number of nitrogens with one attached hydrogen (secondary N) is 2. The third kappa shape index (κ3) is 2.76. The van der Waals surface area contributed by atoms with Gasteiger partial charge in [-0.15, -0.1) is 0 Å². The number of benzene rings is 1. The van der Waals surface area contributed by atoms with Gasteiger partial charge < -0.3 is 15.4 Å². The van der Waals surface area contributed by atoms with Crippen molar-refractivity contribution in [2.45, 2.75) is 6.54 Å². The Kier molecular flexibility index (Phi) is 3.43. The molecule has 1 amide bonds. The molecule has 1 heterocycles. The number of carbonyl (C=O) groups excluding carboxylic acids is 1. The molecule has 0 bridgehead atoms. The van der Waals surface area contributed by atoms with Crippen LogP contribution < -0.4 is 10.9 Å². The molecule has 0 unspecified atom stereocenters. The maximum Gasteiger partial charge on any atom is 0.268 e. The molecule has 0 aliphatic carbocycles. The molecular formula is C13H12N2O3. The Labute approximate surface area is 103 Å². The van der Waals surface area contributed by atoms with E-state index in [0.717, 1.165) is 0 Å². The molecule has 1 aromatic heterocycles. The fourth-order valence-electron chi connectivity index (χ4n) is 1.51. The van der Waals surface area contributed by atoms with Crippen LogP contribution in [0.3, 0.4) is 0 Å². The highest BCUT2D eigenvalue weighted by Crippen LogP contribution is 2.14. The van der Waals surface area contributed by atoms with Crippen LogP contribution in [-0.4, -0.2) is 16.0 Å². The molecule has 3 N–H and O–H groups in total. The number of para-hydroxylation sites is 1. The zero-order chi connectivity index (χ0) is 13.0. The van der Waals surface area contributed by atoms with Crippen molar-refractivity contribution < 1.29 is 9.90 Å². The molecule has 0 saturated carbocycles. The number of H-pyrrole nitrogens is 1. The van der Waals surface area contributed by atoms with Crippen LogP contribution in [0, 0.1) is 0 Å². The third-order valence-electron chi connectivity index (χ3n) is 2.44. The van der Waals surface area contributed by atoms with E-state index < -0.39 is 5.91 Å². The quantitative estimate of drug-likeness (QED) is 0.753. The van der Waals surface area contributed by atoms with Gasteiger partial charge >= 0.3 is 0 Å². The smallest absolute Gasteiger partial charge is 0.268 e. The molecule has 0 aliphatic rings. The maximum absolute atomic E-state index is 11.7. The van der Waals surface area contributed by atoms with Gasteiger partial charge in [-0.05, 0) is 12.1 Å². The van der Waals surface area contributed by atoms with Crippen LogP contribution >= 0.6 is 0 Å². The van der Waals surface area contributed by atoms with E-state index >= 15 is 0 Å². The van der Waals surface area contributed by atoms with Crippen molar-refractivity contribution in [3.05, 3.63) is 64.1 Å². The van der Waals surface area contributed by atoms with Crippen molar-refractivity contribution >= 4 is 5.91 Å². The van der Waals surface area contributed by atoms with Crippen LogP contribution in [0.15, 0.2) is 47.3 Å². The second-order valence-corrected chi connectivity index (χ2v) is 3.74. The van der Waals surface area contributed by atoms with Crippen LogP contribution in [0.4, 0.5) is 0 Å². The summed E-state index contributed by atoms with van der Waals surface area (Å²) in [5.74, 6) is -0.268. The predicted octanol–water partition coefficient (Wildman–Crippen LogP) is 1.01. The molecule has 0 fully saturated rings. The second-order valence-electron chi connectivity index (χ2n) is 3.74. The van der Waals surface area contributed by atoms with Gasteiger partial charge in [0.15, 0.2) is 0 Å². The fourth-order valence-corrected chi connectivity index (χ4v) is 1.51. The SMILES string of the molecule is O=C(NCc1ccccc1O)c1cccc(=O)[nH]1. The number of aromatic nitrogens is 1. The lowest BCUT2D eigenvalue weighted by Crippen LogP contribution is -2.25. The van der Waals surface area contributed by atoms with E-state index in [1.807, 2.05) is 0 Å². The van der Waals surface area contributed by atoms with E-state index in [4.69, 9.17) is 0 Å². The Morgan fingerprint density at radius 2 is 1.94 bits per heavy atom. The molecule has 0 spiro atoms. The zero-order valence-electron chi connectivity index (χ0n) is 9.51. The highest BCUT2D eigenvalue weighted by molar-refractivity contribution is 5.92. The van der Waals surface area contributed by atoms with E-state index in [1.165, 1.54) is 18.2 Å². The van der Waals surface area contributed by atoms with Gasteiger partial charge in [-0.2, -0.15) is 0 Å². The van der Waals surface area contributed by atoms with E-state index in [-0.39, 0.29) is 23.5 Å². The summed E-state index contributed by atoms with van der Waals surface area (Å²) in [4.78, 5) is 25.2. The molecule has 2 aromatic rings. The zero-order valence-corrected chi connectivity index (χ0v) is 9.51. The van der Waals surface area contributed by atoms with Crippen molar-refractivity contribution in [3.63, 3.8) is 0 Å². The van der Waals surface area contributed by atoms with Crippen LogP contribution in [-0.2, 0) is 6.54 Å². The molecule has 0 radical (unpaired) electrons. The van der Waals surface area contributed by atoms with Crippen molar-refractivity contribution in [3.8, 4) is 5.75 Å². The summed E-state index contributed by atoms with van der Waals surface area (Å²) < 4.78 is 0. The number of phenolic OH excluding ortho intramolecular Hbond substituents is 1. The van der Waals surface area contributed by atoms with Crippen LogP contribution in [0.2, 0.25) is 0 Å². The molecule has 92 valence electrons. The molecule has 5 nitrogen and oxygen atoms in total. The number of carbonyl (C=O) groups is 1.